The molecule has 7 heteroatoms. The Labute approximate surface area is 245 Å². The molecule has 1 saturated heterocycles. The molecule has 7 nitrogen and oxygen atoms in total. The highest BCUT2D eigenvalue weighted by Crippen LogP contribution is 2.66. The van der Waals surface area contributed by atoms with Crippen LogP contribution in [-0.2, 0) is 15.0 Å². The van der Waals surface area contributed by atoms with Gasteiger partial charge in [0.05, 0.1) is 16.9 Å². The van der Waals surface area contributed by atoms with Gasteiger partial charge in [-0.05, 0) is 66.6 Å². The maximum Gasteiger partial charge on any atom is 0.262 e. The Kier molecular flexibility index (Phi) is 5.49. The Bertz CT molecular complexity index is 1890. The maximum absolute atomic E-state index is 14.4. The number of aryl methyl sites for hydroxylation is 1. The Hall–Kier alpha value is -4.52. The van der Waals surface area contributed by atoms with Gasteiger partial charge in [0.25, 0.3) is 5.56 Å². The summed E-state index contributed by atoms with van der Waals surface area (Å²) in [4.78, 5) is 50.3. The number of anilines is 1. The van der Waals surface area contributed by atoms with Crippen LogP contribution in [0.15, 0.2) is 84.2 Å². The second kappa shape index (κ2) is 8.74. The zero-order valence-corrected chi connectivity index (χ0v) is 24.6. The van der Waals surface area contributed by atoms with Gasteiger partial charge in [-0.15, -0.1) is 6.58 Å². The highest BCUT2D eigenvalue weighted by Gasteiger charge is 2.69. The van der Waals surface area contributed by atoms with Gasteiger partial charge in [-0.3, -0.25) is 23.9 Å². The molecule has 0 saturated carbocycles. The summed E-state index contributed by atoms with van der Waals surface area (Å²) in [5.74, 6) is 0.247. The van der Waals surface area contributed by atoms with Crippen molar-refractivity contribution in [1.29, 1.82) is 0 Å². The Morgan fingerprint density at radius 1 is 1.05 bits per heavy atom. The first-order valence-electron chi connectivity index (χ1n) is 14.5. The molecule has 0 spiro atoms. The summed E-state index contributed by atoms with van der Waals surface area (Å²) in [6, 6.07) is 20.7. The summed E-state index contributed by atoms with van der Waals surface area (Å²) < 4.78 is 1.57. The molecular formula is C35H34N4O3. The van der Waals surface area contributed by atoms with Crippen LogP contribution in [0.25, 0.3) is 22.0 Å². The van der Waals surface area contributed by atoms with Crippen molar-refractivity contribution in [3.63, 3.8) is 0 Å². The second-order valence-corrected chi connectivity index (χ2v) is 12.6. The lowest BCUT2D eigenvalue weighted by Gasteiger charge is -2.46. The van der Waals surface area contributed by atoms with Crippen molar-refractivity contribution in [1.82, 2.24) is 14.5 Å². The van der Waals surface area contributed by atoms with E-state index in [0.29, 0.717) is 23.1 Å². The van der Waals surface area contributed by atoms with Gasteiger partial charge in [-0.2, -0.15) is 0 Å². The van der Waals surface area contributed by atoms with E-state index in [1.165, 1.54) is 5.56 Å². The SMILES string of the molecule is C=CC(C)(C)[C@@]12C[C@H]3c4nc5ccccc5c(=O)n4[C@H](C)C(=O)N3[C@@H]1N(C(C)=O)c1ccc(-c3ccc(C)cc3)cc12. The third-order valence-corrected chi connectivity index (χ3v) is 10.1. The highest BCUT2D eigenvalue weighted by atomic mass is 16.2. The van der Waals surface area contributed by atoms with Gasteiger partial charge in [0, 0.05) is 18.0 Å². The average molecular weight is 559 g/mol. The largest absolute Gasteiger partial charge is 0.309 e. The zero-order chi connectivity index (χ0) is 29.7. The van der Waals surface area contributed by atoms with Crippen molar-refractivity contribution in [3.8, 4) is 11.1 Å². The van der Waals surface area contributed by atoms with Crippen LogP contribution in [0.5, 0.6) is 0 Å². The minimum absolute atomic E-state index is 0.137. The number of amides is 2. The van der Waals surface area contributed by atoms with Crippen LogP contribution in [0.4, 0.5) is 5.69 Å². The number of hydrogen-bond acceptors (Lipinski definition) is 4. The minimum atomic E-state index is -0.760. The highest BCUT2D eigenvalue weighted by molar-refractivity contribution is 5.98. The van der Waals surface area contributed by atoms with E-state index in [-0.39, 0.29) is 17.4 Å². The molecule has 4 heterocycles. The van der Waals surface area contributed by atoms with E-state index in [0.717, 1.165) is 22.4 Å². The number of para-hydroxylation sites is 1. The Morgan fingerprint density at radius 3 is 2.43 bits per heavy atom. The van der Waals surface area contributed by atoms with Crippen LogP contribution >= 0.6 is 0 Å². The number of allylic oxidation sites excluding steroid dienone is 1. The molecule has 0 radical (unpaired) electrons. The lowest BCUT2D eigenvalue weighted by atomic mass is 9.60. The maximum atomic E-state index is 14.4. The molecule has 0 unspecified atom stereocenters. The molecule has 0 bridgehead atoms. The lowest BCUT2D eigenvalue weighted by molar-refractivity contribution is -0.141. The number of aromatic nitrogens is 2. The molecule has 4 atom stereocenters. The summed E-state index contributed by atoms with van der Waals surface area (Å²) in [7, 11) is 0. The molecule has 1 fully saturated rings. The zero-order valence-electron chi connectivity index (χ0n) is 24.6. The van der Waals surface area contributed by atoms with Crippen LogP contribution in [-0.4, -0.2) is 32.4 Å². The standard InChI is InChI=1S/C35H34N4O3/c1-7-34(5,6)35-19-29-30-36-27-11-9-8-10-25(27)32(42)37(30)21(3)31(41)39(29)33(35)38(22(4)40)28-17-16-24(18-26(28)35)23-14-12-20(2)13-15-23/h7-18,21,29,33H,1,19H2,2-6H3/t21-,29+,33+,35-/m1/s1. The first-order chi connectivity index (χ1) is 20.0. The van der Waals surface area contributed by atoms with Crippen molar-refractivity contribution in [3.05, 3.63) is 107 Å². The van der Waals surface area contributed by atoms with Crippen molar-refractivity contribution < 1.29 is 9.59 Å². The van der Waals surface area contributed by atoms with Crippen LogP contribution in [0, 0.1) is 12.3 Å². The monoisotopic (exact) mass is 558 g/mol. The van der Waals surface area contributed by atoms with Crippen LogP contribution in [0.3, 0.4) is 0 Å². The number of carbonyl (C=O) groups excluding carboxylic acids is 2. The molecule has 212 valence electrons. The van der Waals surface area contributed by atoms with Gasteiger partial charge in [0.1, 0.15) is 18.0 Å². The topological polar surface area (TPSA) is 75.5 Å². The summed E-state index contributed by atoms with van der Waals surface area (Å²) in [5.41, 5.74) is 4.29. The number of hydrogen-bond donors (Lipinski definition) is 0. The van der Waals surface area contributed by atoms with E-state index in [1.807, 2.05) is 35.2 Å². The summed E-state index contributed by atoms with van der Waals surface area (Å²) in [5, 5.41) is 0.493. The van der Waals surface area contributed by atoms with E-state index in [4.69, 9.17) is 4.98 Å². The molecule has 3 aliphatic heterocycles. The number of benzene rings is 3. The minimum Gasteiger partial charge on any atom is -0.309 e. The summed E-state index contributed by atoms with van der Waals surface area (Å²) >= 11 is 0. The Balaban J connectivity index is 1.52. The van der Waals surface area contributed by atoms with Crippen molar-refractivity contribution in [2.24, 2.45) is 5.41 Å². The fraction of sp³-hybridized carbons (Fsp3) is 0.314. The first-order valence-corrected chi connectivity index (χ1v) is 14.5. The fourth-order valence-corrected chi connectivity index (χ4v) is 7.73. The normalized spacial score (nSPS) is 24.3. The summed E-state index contributed by atoms with van der Waals surface area (Å²) in [6.07, 6.45) is 1.84. The molecule has 0 aliphatic carbocycles. The summed E-state index contributed by atoms with van der Waals surface area (Å²) in [6.45, 7) is 13.9. The van der Waals surface area contributed by atoms with Crippen LogP contribution in [0.1, 0.15) is 63.2 Å². The van der Waals surface area contributed by atoms with Gasteiger partial charge < -0.3 is 4.90 Å². The molecule has 3 aliphatic rings. The number of carbonyl (C=O) groups is 2. The molecule has 0 N–H and O–H groups in total. The third-order valence-electron chi connectivity index (χ3n) is 10.1. The molecule has 3 aromatic carbocycles. The van der Waals surface area contributed by atoms with Gasteiger partial charge in [0.2, 0.25) is 11.8 Å². The molecule has 1 aromatic heterocycles. The first kappa shape index (κ1) is 26.4. The van der Waals surface area contributed by atoms with Gasteiger partial charge in [-0.1, -0.05) is 68.0 Å². The van der Waals surface area contributed by atoms with Crippen molar-refractivity contribution >= 4 is 28.4 Å². The molecular weight excluding hydrogens is 524 g/mol. The second-order valence-electron chi connectivity index (χ2n) is 12.6. The van der Waals surface area contributed by atoms with Gasteiger partial charge >= 0.3 is 0 Å². The van der Waals surface area contributed by atoms with Crippen LogP contribution < -0.4 is 10.5 Å². The van der Waals surface area contributed by atoms with Crippen molar-refractivity contribution in [2.45, 2.75) is 64.7 Å². The number of rotatable bonds is 3. The van der Waals surface area contributed by atoms with E-state index in [2.05, 4.69) is 63.7 Å². The fourth-order valence-electron chi connectivity index (χ4n) is 7.73. The van der Waals surface area contributed by atoms with E-state index in [1.54, 1.807) is 29.4 Å². The predicted octanol–water partition coefficient (Wildman–Crippen LogP) is 6.06. The molecule has 2 amide bonds. The van der Waals surface area contributed by atoms with Gasteiger partial charge in [-0.25, -0.2) is 4.98 Å². The molecule has 7 rings (SSSR count). The quantitative estimate of drug-likeness (QED) is 0.287. The smallest absolute Gasteiger partial charge is 0.262 e. The van der Waals surface area contributed by atoms with Crippen molar-refractivity contribution in [2.75, 3.05) is 4.90 Å². The Morgan fingerprint density at radius 2 is 1.74 bits per heavy atom. The third kappa shape index (κ3) is 3.22. The van der Waals surface area contributed by atoms with E-state index >= 15 is 0 Å². The van der Waals surface area contributed by atoms with E-state index < -0.39 is 29.1 Å². The van der Waals surface area contributed by atoms with Crippen LogP contribution in [0.2, 0.25) is 0 Å². The van der Waals surface area contributed by atoms with Gasteiger partial charge in [0.15, 0.2) is 0 Å². The predicted molar refractivity (Wildman–Crippen MR) is 164 cm³/mol. The molecule has 4 aromatic rings. The lowest BCUT2D eigenvalue weighted by Crippen LogP contribution is -2.59. The number of nitrogens with zero attached hydrogens (tertiary/aromatic N) is 4. The average Bonchev–Trinajstić information content (AvgIpc) is 3.48. The van der Waals surface area contributed by atoms with E-state index in [9.17, 15) is 14.4 Å². The number of fused-ring (bicyclic) bond motifs is 8. The molecule has 42 heavy (non-hydrogen) atoms.